The van der Waals surface area contributed by atoms with E-state index in [9.17, 15) is 30.8 Å². The molecule has 1 unspecified atom stereocenters. The van der Waals surface area contributed by atoms with Gasteiger partial charge in [-0.15, -0.1) is 0 Å². The molecule has 1 aliphatic carbocycles. The largest absolute Gasteiger partial charge is 0.416 e. The van der Waals surface area contributed by atoms with E-state index in [1.165, 1.54) is 35.2 Å². The minimum atomic E-state index is -4.60. The molecule has 0 radical (unpaired) electrons. The van der Waals surface area contributed by atoms with Crippen LogP contribution in [0.4, 0.5) is 22.0 Å². The van der Waals surface area contributed by atoms with Crippen LogP contribution in [-0.4, -0.2) is 56.6 Å². The first-order valence-corrected chi connectivity index (χ1v) is 13.5. The van der Waals surface area contributed by atoms with E-state index in [1.54, 1.807) is 0 Å². The Morgan fingerprint density at radius 2 is 1.86 bits per heavy atom. The third-order valence-corrected chi connectivity index (χ3v) is 8.44. The van der Waals surface area contributed by atoms with Crippen LogP contribution >= 0.6 is 0 Å². The van der Waals surface area contributed by atoms with Gasteiger partial charge in [-0.2, -0.15) is 13.2 Å². The maximum atomic E-state index is 15.7. The van der Waals surface area contributed by atoms with Gasteiger partial charge in [0.2, 0.25) is 16.0 Å². The Kier molecular flexibility index (Phi) is 6.56. The number of hydrogen-bond donors (Lipinski definition) is 1. The summed E-state index contributed by atoms with van der Waals surface area (Å²) < 4.78 is 101. The Morgan fingerprint density at radius 1 is 1.16 bits per heavy atom. The Hall–Kier alpha value is -2.57. The molecule has 2 saturated heterocycles. The van der Waals surface area contributed by atoms with Crippen molar-refractivity contribution in [2.45, 2.75) is 50.0 Å². The van der Waals surface area contributed by atoms with E-state index in [0.29, 0.717) is 25.9 Å². The van der Waals surface area contributed by atoms with Gasteiger partial charge in [-0.05, 0) is 42.5 Å². The van der Waals surface area contributed by atoms with Crippen LogP contribution in [-0.2, 0) is 32.2 Å². The van der Waals surface area contributed by atoms with Gasteiger partial charge in [0.15, 0.2) is 0 Å². The van der Waals surface area contributed by atoms with Gasteiger partial charge in [0.1, 0.15) is 11.9 Å². The molecule has 37 heavy (non-hydrogen) atoms. The van der Waals surface area contributed by atoms with Crippen LogP contribution in [0, 0.1) is 11.2 Å². The van der Waals surface area contributed by atoms with Gasteiger partial charge >= 0.3 is 6.18 Å². The van der Waals surface area contributed by atoms with E-state index >= 15 is 4.39 Å². The highest BCUT2D eigenvalue weighted by atomic mass is 32.2. The molecule has 3 atom stereocenters. The summed E-state index contributed by atoms with van der Waals surface area (Å²) in [5.74, 6) is -1.10. The van der Waals surface area contributed by atoms with Crippen molar-refractivity contribution in [2.75, 3.05) is 19.2 Å². The van der Waals surface area contributed by atoms with Crippen LogP contribution in [0.1, 0.15) is 30.4 Å². The first kappa shape index (κ1) is 26.1. The van der Waals surface area contributed by atoms with Crippen LogP contribution in [0.3, 0.4) is 0 Å². The van der Waals surface area contributed by atoms with Crippen molar-refractivity contribution in [2.24, 2.45) is 5.41 Å². The monoisotopic (exact) mass is 544 g/mol. The quantitative estimate of drug-likeness (QED) is 0.534. The van der Waals surface area contributed by atoms with E-state index in [4.69, 9.17) is 4.74 Å². The maximum absolute atomic E-state index is 15.7. The van der Waals surface area contributed by atoms with Crippen molar-refractivity contribution in [3.63, 3.8) is 0 Å². The number of hydrogen-bond acceptors (Lipinski definition) is 4. The van der Waals surface area contributed by atoms with Crippen molar-refractivity contribution in [1.29, 1.82) is 0 Å². The number of rotatable bonds is 7. The molecule has 1 amide bonds. The number of carbonyl (C=O) groups excluding carboxylic acids is 1. The fourth-order valence-electron chi connectivity index (χ4n) is 5.33. The normalized spacial score (nSPS) is 24.8. The van der Waals surface area contributed by atoms with Crippen LogP contribution < -0.4 is 4.72 Å². The lowest BCUT2D eigenvalue weighted by atomic mass is 9.91. The molecule has 3 fully saturated rings. The number of benzene rings is 2. The predicted octanol–water partition coefficient (Wildman–Crippen LogP) is 4.05. The highest BCUT2D eigenvalue weighted by molar-refractivity contribution is 7.89. The summed E-state index contributed by atoms with van der Waals surface area (Å²) in [5, 5.41) is 0. The zero-order chi connectivity index (χ0) is 26.6. The number of likely N-dealkylation sites (tertiary alicyclic amines) is 1. The van der Waals surface area contributed by atoms with Crippen molar-refractivity contribution in [3.8, 4) is 11.1 Å². The van der Waals surface area contributed by atoms with Gasteiger partial charge in [0.05, 0.1) is 18.2 Å². The fourth-order valence-corrected chi connectivity index (χ4v) is 6.19. The van der Waals surface area contributed by atoms with Crippen molar-refractivity contribution in [1.82, 2.24) is 9.62 Å². The van der Waals surface area contributed by atoms with Gasteiger partial charge < -0.3 is 9.64 Å². The molecular weight excluding hydrogens is 519 g/mol. The standard InChI is InChI=1S/C25H25F5N2O4S/c26-14-37(34,35)31-22-19(32(13-24(22)8-9-24)23(33)20-7-10-36-20)12-16-4-2-6-18(21(16)27)15-3-1-5-17(11-15)25(28,29)30/h1-6,11,19-20,22,31H,7-10,12-14H2/t19-,20?,22+/m0/s1. The van der Waals surface area contributed by atoms with Gasteiger partial charge in [0, 0.05) is 30.0 Å². The van der Waals surface area contributed by atoms with Crippen molar-refractivity contribution < 1.29 is 39.9 Å². The van der Waals surface area contributed by atoms with Crippen LogP contribution in [0.25, 0.3) is 11.1 Å². The Labute approximate surface area is 210 Å². The van der Waals surface area contributed by atoms with Gasteiger partial charge in [0.25, 0.3) is 5.91 Å². The summed E-state index contributed by atoms with van der Waals surface area (Å²) in [7, 11) is -4.29. The number of carbonyl (C=O) groups is 1. The van der Waals surface area contributed by atoms with Crippen molar-refractivity contribution >= 4 is 15.9 Å². The second-order valence-electron chi connectivity index (χ2n) is 9.92. The zero-order valence-corrected chi connectivity index (χ0v) is 20.4. The molecule has 1 N–H and O–H groups in total. The molecule has 0 bridgehead atoms. The maximum Gasteiger partial charge on any atom is 0.416 e. The smallest absolute Gasteiger partial charge is 0.368 e. The lowest BCUT2D eigenvalue weighted by Crippen LogP contribution is -2.53. The second-order valence-corrected chi connectivity index (χ2v) is 11.6. The SMILES string of the molecule is O=C(C1CCO1)N1CC2(CC2)[C@H](NS(=O)(=O)CF)[C@@H]1Cc1cccc(-c2cccc(C(F)(F)F)c2)c1F. The van der Waals surface area contributed by atoms with Crippen molar-refractivity contribution in [3.05, 3.63) is 59.4 Å². The number of nitrogens with one attached hydrogen (secondary N) is 1. The third-order valence-electron chi connectivity index (χ3n) is 7.54. The molecule has 0 aromatic heterocycles. The molecule has 2 heterocycles. The number of alkyl halides is 4. The highest BCUT2D eigenvalue weighted by Crippen LogP contribution is 2.56. The molecule has 5 rings (SSSR count). The summed E-state index contributed by atoms with van der Waals surface area (Å²) in [6.45, 7) is 0.649. The number of amides is 1. The minimum absolute atomic E-state index is 0.0322. The average Bonchev–Trinajstić information content (AvgIpc) is 3.54. The van der Waals surface area contributed by atoms with Crippen LogP contribution in [0.5, 0.6) is 0 Å². The molecule has 1 saturated carbocycles. The Morgan fingerprint density at radius 3 is 2.46 bits per heavy atom. The second kappa shape index (κ2) is 9.32. The zero-order valence-electron chi connectivity index (χ0n) is 19.6. The summed E-state index contributed by atoms with van der Waals surface area (Å²) >= 11 is 0. The van der Waals surface area contributed by atoms with E-state index in [0.717, 1.165) is 12.1 Å². The predicted molar refractivity (Wildman–Crippen MR) is 124 cm³/mol. The number of halogens is 5. The molecule has 12 heteroatoms. The summed E-state index contributed by atoms with van der Waals surface area (Å²) in [6.07, 6.45) is -3.64. The molecule has 2 aromatic rings. The molecular formula is C25H25F5N2O4S. The molecule has 3 aliphatic rings. The molecule has 1 spiro atoms. The van der Waals surface area contributed by atoms with Gasteiger partial charge in [-0.25, -0.2) is 21.9 Å². The van der Waals surface area contributed by atoms with Crippen LogP contribution in [0.2, 0.25) is 0 Å². The van der Waals surface area contributed by atoms with E-state index in [2.05, 4.69) is 4.72 Å². The minimum Gasteiger partial charge on any atom is -0.368 e. The third kappa shape index (κ3) is 4.98. The van der Waals surface area contributed by atoms with E-state index in [-0.39, 0.29) is 35.6 Å². The average molecular weight is 545 g/mol. The Balaban J connectivity index is 1.51. The summed E-state index contributed by atoms with van der Waals surface area (Å²) in [6, 6.07) is 5.33. The molecule has 6 nitrogen and oxygen atoms in total. The van der Waals surface area contributed by atoms with Crippen LogP contribution in [0.15, 0.2) is 42.5 Å². The highest BCUT2D eigenvalue weighted by Gasteiger charge is 2.62. The lowest BCUT2D eigenvalue weighted by Gasteiger charge is -2.34. The van der Waals surface area contributed by atoms with Gasteiger partial charge in [-0.3, -0.25) is 4.79 Å². The summed E-state index contributed by atoms with van der Waals surface area (Å²) in [4.78, 5) is 14.7. The fraction of sp³-hybridized carbons (Fsp3) is 0.480. The molecule has 2 aromatic carbocycles. The first-order valence-electron chi connectivity index (χ1n) is 11.9. The Bertz CT molecular complexity index is 1310. The lowest BCUT2D eigenvalue weighted by molar-refractivity contribution is -0.157. The van der Waals surface area contributed by atoms with Gasteiger partial charge in [-0.1, -0.05) is 30.3 Å². The molecule has 200 valence electrons. The van der Waals surface area contributed by atoms with E-state index < -0.39 is 57.2 Å². The molecule has 2 aliphatic heterocycles. The number of sulfonamides is 1. The van der Waals surface area contributed by atoms with E-state index in [1.807, 2.05) is 0 Å². The first-order chi connectivity index (χ1) is 17.4. The topological polar surface area (TPSA) is 75.7 Å². The number of nitrogens with zero attached hydrogens (tertiary/aromatic N) is 1. The number of ether oxygens (including phenoxy) is 1. The summed E-state index contributed by atoms with van der Waals surface area (Å²) in [5.41, 5.74) is -1.41.